The van der Waals surface area contributed by atoms with Crippen molar-refractivity contribution in [1.29, 1.82) is 0 Å². The zero-order chi connectivity index (χ0) is 22.1. The quantitative estimate of drug-likeness (QED) is 0.325. The minimum Gasteiger partial charge on any atom is -0.508 e. The number of ether oxygens (including phenoxy) is 1. The van der Waals surface area contributed by atoms with Crippen LogP contribution in [0.5, 0.6) is 5.75 Å². The molecule has 1 heterocycles. The minimum atomic E-state index is -0.480. The number of allylic oxidation sites excluding steroid dienone is 1. The van der Waals surface area contributed by atoms with Crippen molar-refractivity contribution in [2.75, 3.05) is 6.61 Å². The molecule has 1 aromatic heterocycles. The molecular weight excluding hydrogens is 389 g/mol. The monoisotopic (exact) mass is 421 g/mol. The van der Waals surface area contributed by atoms with Crippen molar-refractivity contribution in [3.8, 4) is 17.0 Å². The molecule has 0 bridgehead atoms. The Morgan fingerprint density at radius 2 is 1.94 bits per heavy atom. The average Bonchev–Trinajstić information content (AvgIpc) is 2.76. The summed E-state index contributed by atoms with van der Waals surface area (Å²) >= 11 is 0. The van der Waals surface area contributed by atoms with E-state index in [0.29, 0.717) is 17.4 Å². The Bertz CT molecular complexity index is 1020. The van der Waals surface area contributed by atoms with Crippen LogP contribution in [0, 0.1) is 5.82 Å². The number of unbranched alkanes of at least 4 members (excludes halogenated alkanes) is 3. The van der Waals surface area contributed by atoms with E-state index in [9.17, 15) is 9.50 Å². The zero-order valence-corrected chi connectivity index (χ0v) is 18.5. The minimum absolute atomic E-state index is 0.0903. The third-order valence-corrected chi connectivity index (χ3v) is 5.38. The van der Waals surface area contributed by atoms with Gasteiger partial charge < -0.3 is 9.84 Å². The molecule has 0 saturated carbocycles. The summed E-state index contributed by atoms with van der Waals surface area (Å²) in [5.41, 5.74) is 2.88. The molecule has 4 heteroatoms. The SMILES string of the molecule is CCCCCOC(C)CCC/C=C/c1ccc2nc(-c3ccc(O)cc3F)ccc2c1. The second-order valence-electron chi connectivity index (χ2n) is 8.03. The molecule has 0 aliphatic rings. The maximum Gasteiger partial charge on any atom is 0.136 e. The van der Waals surface area contributed by atoms with Gasteiger partial charge in [0.25, 0.3) is 0 Å². The lowest BCUT2D eigenvalue weighted by Crippen LogP contribution is -2.08. The molecule has 0 aliphatic carbocycles. The van der Waals surface area contributed by atoms with E-state index < -0.39 is 5.82 Å². The second-order valence-corrected chi connectivity index (χ2v) is 8.03. The standard InChI is InChI=1S/C27H32FNO2/c1-3-4-8-17-31-20(2)9-6-5-7-10-21-11-15-26-22(18-21)12-16-27(29-26)24-14-13-23(30)19-25(24)28/h7,10-16,18-20,30H,3-6,8-9,17H2,1-2H3/b10-7+. The molecule has 1 unspecified atom stereocenters. The van der Waals surface area contributed by atoms with Gasteiger partial charge in [0.15, 0.2) is 0 Å². The highest BCUT2D eigenvalue weighted by molar-refractivity contribution is 5.83. The van der Waals surface area contributed by atoms with E-state index in [2.05, 4.69) is 37.0 Å². The molecule has 0 amide bonds. The molecule has 2 aromatic carbocycles. The van der Waals surface area contributed by atoms with Crippen LogP contribution in [0.1, 0.15) is 57.9 Å². The van der Waals surface area contributed by atoms with E-state index in [4.69, 9.17) is 4.74 Å². The van der Waals surface area contributed by atoms with Crippen LogP contribution in [0.4, 0.5) is 4.39 Å². The van der Waals surface area contributed by atoms with Crippen molar-refractivity contribution in [2.45, 2.75) is 58.5 Å². The number of aromatic hydroxyl groups is 1. The van der Waals surface area contributed by atoms with E-state index in [1.165, 1.54) is 18.9 Å². The van der Waals surface area contributed by atoms with Crippen molar-refractivity contribution in [3.05, 3.63) is 66.0 Å². The molecule has 164 valence electrons. The lowest BCUT2D eigenvalue weighted by Gasteiger charge is -2.12. The van der Waals surface area contributed by atoms with Gasteiger partial charge >= 0.3 is 0 Å². The highest BCUT2D eigenvalue weighted by Gasteiger charge is 2.08. The summed E-state index contributed by atoms with van der Waals surface area (Å²) in [6, 6.07) is 14.0. The molecule has 0 saturated heterocycles. The Morgan fingerprint density at radius 3 is 2.74 bits per heavy atom. The molecule has 3 nitrogen and oxygen atoms in total. The average molecular weight is 422 g/mol. The van der Waals surface area contributed by atoms with Gasteiger partial charge in [0.2, 0.25) is 0 Å². The number of pyridine rings is 1. The molecule has 0 aliphatic heterocycles. The Balaban J connectivity index is 1.54. The van der Waals surface area contributed by atoms with Gasteiger partial charge in [-0.05, 0) is 68.5 Å². The molecule has 3 aromatic rings. The summed E-state index contributed by atoms with van der Waals surface area (Å²) < 4.78 is 20.0. The maximum atomic E-state index is 14.1. The van der Waals surface area contributed by atoms with Gasteiger partial charge in [0.1, 0.15) is 11.6 Å². The summed E-state index contributed by atoms with van der Waals surface area (Å²) in [5.74, 6) is -0.570. The number of hydrogen-bond acceptors (Lipinski definition) is 3. The summed E-state index contributed by atoms with van der Waals surface area (Å²) in [7, 11) is 0. The van der Waals surface area contributed by atoms with E-state index in [0.717, 1.165) is 54.8 Å². The summed E-state index contributed by atoms with van der Waals surface area (Å²) in [6.45, 7) is 5.24. The topological polar surface area (TPSA) is 42.4 Å². The van der Waals surface area contributed by atoms with E-state index in [1.54, 1.807) is 6.07 Å². The number of hydrogen-bond donors (Lipinski definition) is 1. The van der Waals surface area contributed by atoms with Crippen LogP contribution in [0.15, 0.2) is 54.6 Å². The van der Waals surface area contributed by atoms with Gasteiger partial charge in [-0.2, -0.15) is 0 Å². The number of phenolic OH excluding ortho intramolecular Hbond substituents is 1. The van der Waals surface area contributed by atoms with Crippen LogP contribution in [-0.2, 0) is 4.74 Å². The fraction of sp³-hybridized carbons (Fsp3) is 0.370. The van der Waals surface area contributed by atoms with Crippen molar-refractivity contribution in [3.63, 3.8) is 0 Å². The van der Waals surface area contributed by atoms with Crippen LogP contribution in [0.25, 0.3) is 28.2 Å². The molecule has 1 N–H and O–H groups in total. The maximum absolute atomic E-state index is 14.1. The van der Waals surface area contributed by atoms with Gasteiger partial charge in [-0.15, -0.1) is 0 Å². The van der Waals surface area contributed by atoms with Crippen LogP contribution >= 0.6 is 0 Å². The Hall–Kier alpha value is -2.72. The van der Waals surface area contributed by atoms with Crippen LogP contribution in [0.3, 0.4) is 0 Å². The molecular formula is C27H32FNO2. The van der Waals surface area contributed by atoms with Crippen LogP contribution in [0.2, 0.25) is 0 Å². The first-order valence-corrected chi connectivity index (χ1v) is 11.2. The van der Waals surface area contributed by atoms with Gasteiger partial charge in [0.05, 0.1) is 17.3 Å². The zero-order valence-electron chi connectivity index (χ0n) is 18.5. The number of fused-ring (bicyclic) bond motifs is 1. The van der Waals surface area contributed by atoms with Gasteiger partial charge in [-0.1, -0.05) is 44.1 Å². The summed E-state index contributed by atoms with van der Waals surface area (Å²) in [5, 5.41) is 10.4. The number of phenols is 1. The number of benzene rings is 2. The molecule has 0 fully saturated rings. The highest BCUT2D eigenvalue weighted by atomic mass is 19.1. The largest absolute Gasteiger partial charge is 0.508 e. The fourth-order valence-corrected chi connectivity index (χ4v) is 3.57. The smallest absolute Gasteiger partial charge is 0.136 e. The highest BCUT2D eigenvalue weighted by Crippen LogP contribution is 2.26. The van der Waals surface area contributed by atoms with Crippen molar-refractivity contribution in [2.24, 2.45) is 0 Å². The Morgan fingerprint density at radius 1 is 1.06 bits per heavy atom. The lowest BCUT2D eigenvalue weighted by atomic mass is 10.1. The number of nitrogens with zero attached hydrogens (tertiary/aromatic N) is 1. The van der Waals surface area contributed by atoms with Gasteiger partial charge in [-0.25, -0.2) is 9.37 Å². The van der Waals surface area contributed by atoms with E-state index in [-0.39, 0.29) is 5.75 Å². The van der Waals surface area contributed by atoms with E-state index in [1.807, 2.05) is 24.3 Å². The van der Waals surface area contributed by atoms with Crippen LogP contribution in [-0.4, -0.2) is 22.8 Å². The third-order valence-electron chi connectivity index (χ3n) is 5.38. The van der Waals surface area contributed by atoms with Crippen molar-refractivity contribution in [1.82, 2.24) is 4.98 Å². The normalized spacial score (nSPS) is 12.6. The second kappa shape index (κ2) is 11.6. The third kappa shape index (κ3) is 6.90. The number of aromatic nitrogens is 1. The Kier molecular flexibility index (Phi) is 8.60. The molecule has 0 spiro atoms. The molecule has 3 rings (SSSR count). The summed E-state index contributed by atoms with van der Waals surface area (Å²) in [4.78, 5) is 4.58. The first-order valence-electron chi connectivity index (χ1n) is 11.2. The summed E-state index contributed by atoms with van der Waals surface area (Å²) in [6.07, 6.45) is 11.5. The number of halogens is 1. The molecule has 1 atom stereocenters. The molecule has 31 heavy (non-hydrogen) atoms. The Labute approximate surface area is 184 Å². The molecule has 0 radical (unpaired) electrons. The van der Waals surface area contributed by atoms with E-state index >= 15 is 0 Å². The lowest BCUT2D eigenvalue weighted by molar-refractivity contribution is 0.0566. The predicted molar refractivity (Wildman–Crippen MR) is 127 cm³/mol. The van der Waals surface area contributed by atoms with Crippen LogP contribution < -0.4 is 0 Å². The van der Waals surface area contributed by atoms with Crippen molar-refractivity contribution < 1.29 is 14.2 Å². The van der Waals surface area contributed by atoms with Gasteiger partial charge in [-0.3, -0.25) is 0 Å². The fourth-order valence-electron chi connectivity index (χ4n) is 3.57. The van der Waals surface area contributed by atoms with Crippen molar-refractivity contribution >= 4 is 17.0 Å². The number of rotatable bonds is 11. The van der Waals surface area contributed by atoms with Gasteiger partial charge in [0, 0.05) is 23.6 Å². The first-order chi connectivity index (χ1) is 15.1. The first kappa shape index (κ1) is 23.0. The predicted octanol–water partition coefficient (Wildman–Crippen LogP) is 7.53.